The third kappa shape index (κ3) is 2.03. The first-order chi connectivity index (χ1) is 5.25. The van der Waals surface area contributed by atoms with Crippen molar-refractivity contribution in [2.45, 2.75) is 32.2 Å². The summed E-state index contributed by atoms with van der Waals surface area (Å²) in [7, 11) is 0. The van der Waals surface area contributed by atoms with Gasteiger partial charge in [0.2, 0.25) is 0 Å². The van der Waals surface area contributed by atoms with Gasteiger partial charge in [-0.05, 0) is 39.8 Å². The summed E-state index contributed by atoms with van der Waals surface area (Å²) in [4.78, 5) is 13.3. The number of rotatable bonds is 2. The number of ketones is 1. The van der Waals surface area contributed by atoms with Gasteiger partial charge < -0.3 is 0 Å². The van der Waals surface area contributed by atoms with Crippen LogP contribution in [0.2, 0.25) is 0 Å². The van der Waals surface area contributed by atoms with Crippen LogP contribution in [0.15, 0.2) is 0 Å². The number of nitrogens with zero attached hydrogens (tertiary/aromatic N) is 1. The summed E-state index contributed by atoms with van der Waals surface area (Å²) in [5.74, 6) is 0.299. The van der Waals surface area contributed by atoms with Crippen molar-refractivity contribution in [3.63, 3.8) is 0 Å². The summed E-state index contributed by atoms with van der Waals surface area (Å²) >= 11 is 0. The molecule has 0 aromatic rings. The smallest absolute Gasteiger partial charge is 0.146 e. The molecule has 1 rings (SSSR count). The van der Waals surface area contributed by atoms with Gasteiger partial charge in [-0.2, -0.15) is 0 Å². The number of carbonyl (C=O) groups is 1. The molecule has 0 saturated carbocycles. The quantitative estimate of drug-likeness (QED) is 0.597. The van der Waals surface area contributed by atoms with Crippen molar-refractivity contribution in [3.8, 4) is 0 Å². The Morgan fingerprint density at radius 1 is 1.64 bits per heavy atom. The lowest BCUT2D eigenvalue weighted by atomic mass is 9.99. The lowest BCUT2D eigenvalue weighted by Crippen LogP contribution is -2.43. The molecule has 1 radical (unpaired) electrons. The van der Waals surface area contributed by atoms with Crippen molar-refractivity contribution < 1.29 is 4.79 Å². The van der Waals surface area contributed by atoms with Crippen molar-refractivity contribution in [1.82, 2.24) is 4.90 Å². The highest BCUT2D eigenvalue weighted by molar-refractivity contribution is 5.81. The van der Waals surface area contributed by atoms with Crippen LogP contribution in [0.1, 0.15) is 26.2 Å². The maximum atomic E-state index is 11.1. The first-order valence-corrected chi connectivity index (χ1v) is 4.29. The lowest BCUT2D eigenvalue weighted by molar-refractivity contribution is -0.123. The summed E-state index contributed by atoms with van der Waals surface area (Å²) in [5.41, 5.74) is 0. The molecule has 1 unspecified atom stereocenters. The van der Waals surface area contributed by atoms with Gasteiger partial charge in [0.05, 0.1) is 6.04 Å². The molecular formula is C9H16NO. The van der Waals surface area contributed by atoms with Gasteiger partial charge in [0.25, 0.3) is 0 Å². The van der Waals surface area contributed by atoms with Gasteiger partial charge in [-0.3, -0.25) is 9.69 Å². The summed E-state index contributed by atoms with van der Waals surface area (Å²) in [5, 5.41) is 0. The molecule has 0 aliphatic carbocycles. The number of Topliss-reactive ketones (excluding diaryl/α,β-unsaturated/α-hetero) is 1. The minimum absolute atomic E-state index is 0.168. The van der Waals surface area contributed by atoms with Crippen LogP contribution in [0.5, 0.6) is 0 Å². The van der Waals surface area contributed by atoms with Gasteiger partial charge in [0.15, 0.2) is 0 Å². The van der Waals surface area contributed by atoms with Crippen LogP contribution < -0.4 is 0 Å². The van der Waals surface area contributed by atoms with Crippen LogP contribution in [0, 0.1) is 6.92 Å². The van der Waals surface area contributed by atoms with Gasteiger partial charge in [0, 0.05) is 0 Å². The molecule has 0 spiro atoms. The van der Waals surface area contributed by atoms with E-state index >= 15 is 0 Å². The Balaban J connectivity index is 2.51. The SMILES string of the molecule is [CH2]CN1CCCCC1C(C)=O. The predicted octanol–water partition coefficient (Wildman–Crippen LogP) is 1.26. The average molecular weight is 154 g/mol. The first kappa shape index (κ1) is 8.72. The molecule has 1 aliphatic heterocycles. The molecule has 1 fully saturated rings. The van der Waals surface area contributed by atoms with Crippen molar-refractivity contribution in [2.24, 2.45) is 0 Å². The van der Waals surface area contributed by atoms with E-state index in [1.54, 1.807) is 6.92 Å². The Morgan fingerprint density at radius 2 is 2.36 bits per heavy atom. The topological polar surface area (TPSA) is 20.3 Å². The fourth-order valence-corrected chi connectivity index (χ4v) is 1.72. The molecule has 0 aromatic heterocycles. The lowest BCUT2D eigenvalue weighted by Gasteiger charge is -2.32. The molecule has 11 heavy (non-hydrogen) atoms. The number of piperidine rings is 1. The minimum atomic E-state index is 0.168. The van der Waals surface area contributed by atoms with E-state index < -0.39 is 0 Å². The second-order valence-electron chi connectivity index (χ2n) is 3.16. The Hall–Kier alpha value is -0.370. The molecule has 1 saturated heterocycles. The molecule has 0 amide bonds. The fraction of sp³-hybridized carbons (Fsp3) is 0.778. The van der Waals surface area contributed by atoms with Crippen molar-refractivity contribution in [1.29, 1.82) is 0 Å². The largest absolute Gasteiger partial charge is 0.298 e. The third-order valence-electron chi connectivity index (χ3n) is 2.37. The number of likely N-dealkylation sites (tertiary alicyclic amines) is 1. The van der Waals surface area contributed by atoms with Gasteiger partial charge >= 0.3 is 0 Å². The molecular weight excluding hydrogens is 138 g/mol. The molecule has 1 aliphatic rings. The van der Waals surface area contributed by atoms with E-state index in [1.165, 1.54) is 12.8 Å². The van der Waals surface area contributed by atoms with E-state index in [2.05, 4.69) is 11.8 Å². The van der Waals surface area contributed by atoms with Crippen LogP contribution in [0.25, 0.3) is 0 Å². The van der Waals surface area contributed by atoms with Crippen molar-refractivity contribution in [3.05, 3.63) is 6.92 Å². The molecule has 0 N–H and O–H groups in total. The highest BCUT2D eigenvalue weighted by Crippen LogP contribution is 2.16. The van der Waals surface area contributed by atoms with Crippen LogP contribution >= 0.6 is 0 Å². The minimum Gasteiger partial charge on any atom is -0.298 e. The molecule has 1 heterocycles. The van der Waals surface area contributed by atoms with Crippen LogP contribution in [-0.4, -0.2) is 29.8 Å². The van der Waals surface area contributed by atoms with Gasteiger partial charge in [-0.25, -0.2) is 0 Å². The first-order valence-electron chi connectivity index (χ1n) is 4.29. The molecule has 0 bridgehead atoms. The Morgan fingerprint density at radius 3 is 2.82 bits per heavy atom. The summed E-state index contributed by atoms with van der Waals surface area (Å²) in [6, 6.07) is 0.168. The summed E-state index contributed by atoms with van der Waals surface area (Å²) < 4.78 is 0. The molecule has 2 heteroatoms. The normalized spacial score (nSPS) is 26.9. The standard InChI is InChI=1S/C9H16NO/c1-3-10-7-5-4-6-9(10)8(2)11/h9H,1,3-7H2,2H3. The van der Waals surface area contributed by atoms with E-state index in [-0.39, 0.29) is 6.04 Å². The average Bonchev–Trinajstić information content (AvgIpc) is 2.04. The second-order valence-corrected chi connectivity index (χ2v) is 3.16. The molecule has 1 atom stereocenters. The summed E-state index contributed by atoms with van der Waals surface area (Å²) in [6.45, 7) is 7.31. The maximum Gasteiger partial charge on any atom is 0.146 e. The van der Waals surface area contributed by atoms with Crippen LogP contribution in [-0.2, 0) is 4.79 Å². The van der Waals surface area contributed by atoms with Gasteiger partial charge in [0.1, 0.15) is 5.78 Å². The van der Waals surface area contributed by atoms with E-state index in [1.807, 2.05) is 0 Å². The molecule has 0 aromatic carbocycles. The fourth-order valence-electron chi connectivity index (χ4n) is 1.72. The van der Waals surface area contributed by atoms with E-state index in [9.17, 15) is 4.79 Å². The zero-order chi connectivity index (χ0) is 8.27. The highest BCUT2D eigenvalue weighted by Gasteiger charge is 2.23. The molecule has 2 nitrogen and oxygen atoms in total. The van der Waals surface area contributed by atoms with E-state index in [0.29, 0.717) is 5.78 Å². The number of hydrogen-bond donors (Lipinski definition) is 0. The van der Waals surface area contributed by atoms with Crippen molar-refractivity contribution in [2.75, 3.05) is 13.1 Å². The molecule has 63 valence electrons. The highest BCUT2D eigenvalue weighted by atomic mass is 16.1. The van der Waals surface area contributed by atoms with Gasteiger partial charge in [-0.15, -0.1) is 0 Å². The van der Waals surface area contributed by atoms with Crippen LogP contribution in [0.4, 0.5) is 0 Å². The Kier molecular flexibility index (Phi) is 3.06. The zero-order valence-corrected chi connectivity index (χ0v) is 7.18. The van der Waals surface area contributed by atoms with Crippen molar-refractivity contribution >= 4 is 5.78 Å². The monoisotopic (exact) mass is 154 g/mol. The predicted molar refractivity (Wildman–Crippen MR) is 45.3 cm³/mol. The second kappa shape index (κ2) is 3.86. The number of hydrogen-bond acceptors (Lipinski definition) is 2. The van der Waals surface area contributed by atoms with Crippen LogP contribution in [0.3, 0.4) is 0 Å². The Bertz CT molecular complexity index is 144. The third-order valence-corrected chi connectivity index (χ3v) is 2.37. The zero-order valence-electron chi connectivity index (χ0n) is 7.18. The van der Waals surface area contributed by atoms with E-state index in [4.69, 9.17) is 0 Å². The Labute approximate surface area is 68.6 Å². The number of carbonyl (C=O) groups excluding carboxylic acids is 1. The summed E-state index contributed by atoms with van der Waals surface area (Å²) in [6.07, 6.45) is 3.45. The van der Waals surface area contributed by atoms with E-state index in [0.717, 1.165) is 19.5 Å². The maximum absolute atomic E-state index is 11.1. The van der Waals surface area contributed by atoms with Gasteiger partial charge in [-0.1, -0.05) is 6.42 Å².